The van der Waals surface area contributed by atoms with Gasteiger partial charge in [0.1, 0.15) is 5.02 Å². The van der Waals surface area contributed by atoms with Crippen LogP contribution in [0.2, 0.25) is 20.1 Å². The minimum atomic E-state index is -0.220. The summed E-state index contributed by atoms with van der Waals surface area (Å²) in [5, 5.41) is 13.0. The molecule has 2 heterocycles. The molecule has 3 aromatic rings. The van der Waals surface area contributed by atoms with Gasteiger partial charge in [-0.1, -0.05) is 52.5 Å². The van der Waals surface area contributed by atoms with E-state index in [0.717, 1.165) is 11.3 Å². The van der Waals surface area contributed by atoms with Crippen molar-refractivity contribution in [2.45, 2.75) is 26.4 Å². The Kier molecular flexibility index (Phi) is 6.32. The second kappa shape index (κ2) is 8.52. The number of aryl methyl sites for hydroxylation is 1. The van der Waals surface area contributed by atoms with E-state index in [1.165, 1.54) is 0 Å². The monoisotopic (exact) mass is 445 g/mol. The van der Waals surface area contributed by atoms with Crippen molar-refractivity contribution in [1.29, 1.82) is 0 Å². The molecule has 142 valence electrons. The van der Waals surface area contributed by atoms with Crippen LogP contribution in [-0.4, -0.2) is 25.5 Å². The first-order valence-corrected chi connectivity index (χ1v) is 9.49. The molecular formula is C17H15Cl4N5O. The Morgan fingerprint density at radius 3 is 2.56 bits per heavy atom. The highest BCUT2D eigenvalue weighted by Gasteiger charge is 2.12. The molecule has 0 radical (unpaired) electrons. The number of halogens is 4. The minimum absolute atomic E-state index is 0.217. The number of benzene rings is 1. The van der Waals surface area contributed by atoms with Crippen LogP contribution in [0.15, 0.2) is 30.6 Å². The lowest BCUT2D eigenvalue weighted by atomic mass is 10.2. The van der Waals surface area contributed by atoms with E-state index in [9.17, 15) is 4.79 Å². The fourth-order valence-electron chi connectivity index (χ4n) is 2.44. The highest BCUT2D eigenvalue weighted by molar-refractivity contribution is 6.42. The molecule has 0 atom stereocenters. The predicted molar refractivity (Wildman–Crippen MR) is 108 cm³/mol. The number of carbonyl (C=O) groups excluding carboxylic acids is 1. The molecular weight excluding hydrogens is 432 g/mol. The SMILES string of the molecule is Cc1c(Cl)cnn1CCC(=O)Nc1nn(Cc2ccc(Cl)c(Cl)c2)cc1Cl. The van der Waals surface area contributed by atoms with Crippen molar-refractivity contribution in [3.63, 3.8) is 0 Å². The van der Waals surface area contributed by atoms with E-state index in [0.29, 0.717) is 39.0 Å². The molecule has 0 spiro atoms. The van der Waals surface area contributed by atoms with Crippen molar-refractivity contribution in [2.24, 2.45) is 0 Å². The Balaban J connectivity index is 1.61. The highest BCUT2D eigenvalue weighted by atomic mass is 35.5. The minimum Gasteiger partial charge on any atom is -0.308 e. The molecule has 0 aliphatic carbocycles. The van der Waals surface area contributed by atoms with Crippen LogP contribution in [0.5, 0.6) is 0 Å². The number of carbonyl (C=O) groups is 1. The van der Waals surface area contributed by atoms with Gasteiger partial charge in [-0.25, -0.2) is 0 Å². The summed E-state index contributed by atoms with van der Waals surface area (Å²) < 4.78 is 3.29. The number of hydrogen-bond acceptors (Lipinski definition) is 3. The average molecular weight is 447 g/mol. The van der Waals surface area contributed by atoms with Gasteiger partial charge >= 0.3 is 0 Å². The summed E-state index contributed by atoms with van der Waals surface area (Å²) in [4.78, 5) is 12.2. The van der Waals surface area contributed by atoms with Gasteiger partial charge in [0.25, 0.3) is 0 Å². The van der Waals surface area contributed by atoms with Crippen molar-refractivity contribution in [2.75, 3.05) is 5.32 Å². The Hall–Kier alpha value is -1.73. The molecule has 1 N–H and O–H groups in total. The van der Waals surface area contributed by atoms with Crippen LogP contribution < -0.4 is 5.32 Å². The lowest BCUT2D eigenvalue weighted by Gasteiger charge is -2.05. The van der Waals surface area contributed by atoms with Gasteiger partial charge in [-0.05, 0) is 24.6 Å². The Morgan fingerprint density at radius 1 is 1.11 bits per heavy atom. The molecule has 0 bridgehead atoms. The summed E-state index contributed by atoms with van der Waals surface area (Å²) in [6, 6.07) is 5.32. The molecule has 0 fully saturated rings. The maximum absolute atomic E-state index is 12.2. The lowest BCUT2D eigenvalue weighted by Crippen LogP contribution is -2.16. The van der Waals surface area contributed by atoms with E-state index in [-0.39, 0.29) is 12.3 Å². The molecule has 10 heteroatoms. The largest absolute Gasteiger partial charge is 0.308 e. The maximum Gasteiger partial charge on any atom is 0.227 e. The van der Waals surface area contributed by atoms with E-state index in [4.69, 9.17) is 46.4 Å². The normalized spacial score (nSPS) is 11.0. The molecule has 0 saturated carbocycles. The van der Waals surface area contributed by atoms with Crippen molar-refractivity contribution in [1.82, 2.24) is 19.6 Å². The van der Waals surface area contributed by atoms with Crippen LogP contribution in [0.4, 0.5) is 5.82 Å². The zero-order valence-corrected chi connectivity index (χ0v) is 17.2. The van der Waals surface area contributed by atoms with Gasteiger partial charge < -0.3 is 5.32 Å². The van der Waals surface area contributed by atoms with Gasteiger partial charge in [-0.15, -0.1) is 0 Å². The fourth-order valence-corrected chi connectivity index (χ4v) is 3.10. The summed E-state index contributed by atoms with van der Waals surface area (Å²) in [5.74, 6) is 0.0830. The highest BCUT2D eigenvalue weighted by Crippen LogP contribution is 2.24. The summed E-state index contributed by atoms with van der Waals surface area (Å²) >= 11 is 24.1. The summed E-state index contributed by atoms with van der Waals surface area (Å²) in [6.07, 6.45) is 3.41. The molecule has 1 amide bonds. The Morgan fingerprint density at radius 2 is 1.89 bits per heavy atom. The number of aromatic nitrogens is 4. The zero-order valence-electron chi connectivity index (χ0n) is 14.2. The van der Waals surface area contributed by atoms with Crippen molar-refractivity contribution >= 4 is 58.1 Å². The van der Waals surface area contributed by atoms with Crippen LogP contribution in [0, 0.1) is 6.92 Å². The molecule has 2 aromatic heterocycles. The zero-order chi connectivity index (χ0) is 19.6. The molecule has 0 aliphatic rings. The summed E-state index contributed by atoms with van der Waals surface area (Å²) in [6.45, 7) is 2.69. The summed E-state index contributed by atoms with van der Waals surface area (Å²) in [5.41, 5.74) is 1.72. The average Bonchev–Trinajstić information content (AvgIpc) is 3.12. The van der Waals surface area contributed by atoms with Crippen molar-refractivity contribution < 1.29 is 4.79 Å². The van der Waals surface area contributed by atoms with Gasteiger partial charge in [0.05, 0.1) is 40.0 Å². The standard InChI is InChI=1S/C17H15Cl4N5O/c1-10-14(20)7-22-26(10)5-4-16(27)23-17-15(21)9-25(24-17)8-11-2-3-12(18)13(19)6-11/h2-3,6-7,9H,4-5,8H2,1H3,(H,23,24,27). The predicted octanol–water partition coefficient (Wildman–Crippen LogP) is 5.08. The molecule has 1 aromatic carbocycles. The Bertz CT molecular complexity index is 982. The maximum atomic E-state index is 12.2. The molecule has 27 heavy (non-hydrogen) atoms. The second-order valence-corrected chi connectivity index (χ2v) is 7.50. The fraction of sp³-hybridized carbons (Fsp3) is 0.235. The topological polar surface area (TPSA) is 64.7 Å². The molecule has 0 saturated heterocycles. The molecule has 0 aliphatic heterocycles. The van der Waals surface area contributed by atoms with E-state index in [1.54, 1.807) is 33.9 Å². The Labute approximate surface area is 176 Å². The smallest absolute Gasteiger partial charge is 0.227 e. The molecule has 3 rings (SSSR count). The quantitative estimate of drug-likeness (QED) is 0.574. The van der Waals surface area contributed by atoms with Crippen molar-refractivity contribution in [3.05, 3.63) is 61.9 Å². The second-order valence-electron chi connectivity index (χ2n) is 5.87. The molecule has 6 nitrogen and oxygen atoms in total. The number of anilines is 1. The first-order chi connectivity index (χ1) is 12.8. The number of nitrogens with zero attached hydrogens (tertiary/aromatic N) is 4. The van der Waals surface area contributed by atoms with Crippen LogP contribution in [0.3, 0.4) is 0 Å². The van der Waals surface area contributed by atoms with Gasteiger partial charge in [-0.2, -0.15) is 10.2 Å². The van der Waals surface area contributed by atoms with E-state index in [1.807, 2.05) is 13.0 Å². The third kappa shape index (κ3) is 4.96. The molecule has 0 unspecified atom stereocenters. The van der Waals surface area contributed by atoms with Crippen LogP contribution in [0.1, 0.15) is 17.7 Å². The van der Waals surface area contributed by atoms with Crippen LogP contribution >= 0.6 is 46.4 Å². The van der Waals surface area contributed by atoms with Crippen LogP contribution in [0.25, 0.3) is 0 Å². The van der Waals surface area contributed by atoms with Gasteiger partial charge in [-0.3, -0.25) is 14.2 Å². The first kappa shape index (κ1) is 20.0. The van der Waals surface area contributed by atoms with E-state index in [2.05, 4.69) is 15.5 Å². The summed E-state index contributed by atoms with van der Waals surface area (Å²) in [7, 11) is 0. The lowest BCUT2D eigenvalue weighted by molar-refractivity contribution is -0.116. The number of nitrogens with one attached hydrogen (secondary N) is 1. The van der Waals surface area contributed by atoms with E-state index < -0.39 is 0 Å². The van der Waals surface area contributed by atoms with E-state index >= 15 is 0 Å². The van der Waals surface area contributed by atoms with Crippen LogP contribution in [-0.2, 0) is 17.9 Å². The van der Waals surface area contributed by atoms with Gasteiger partial charge in [0.15, 0.2) is 5.82 Å². The first-order valence-electron chi connectivity index (χ1n) is 7.98. The number of rotatable bonds is 6. The number of amides is 1. The number of hydrogen-bond donors (Lipinski definition) is 1. The van der Waals surface area contributed by atoms with Crippen molar-refractivity contribution in [3.8, 4) is 0 Å². The van der Waals surface area contributed by atoms with Gasteiger partial charge in [0.2, 0.25) is 5.91 Å². The third-order valence-electron chi connectivity index (χ3n) is 3.90. The third-order valence-corrected chi connectivity index (χ3v) is 5.28. The van der Waals surface area contributed by atoms with Gasteiger partial charge in [0, 0.05) is 12.6 Å².